The largest absolute Gasteiger partial charge is 0.478 e. The lowest BCUT2D eigenvalue weighted by atomic mass is 10.2. The Morgan fingerprint density at radius 1 is 1.47 bits per heavy atom. The Bertz CT molecular complexity index is 701. The lowest BCUT2D eigenvalue weighted by molar-refractivity contribution is 0.0696. The van der Waals surface area contributed by atoms with Crippen LogP contribution in [-0.2, 0) is 0 Å². The normalized spacial score (nSPS) is 10.2. The van der Waals surface area contributed by atoms with Gasteiger partial charge in [0.15, 0.2) is 5.02 Å². The van der Waals surface area contributed by atoms with E-state index >= 15 is 0 Å². The highest BCUT2D eigenvalue weighted by atomic mass is 127. The number of carboxylic acid groups (broad SMARTS) is 1. The van der Waals surface area contributed by atoms with Crippen molar-refractivity contribution < 1.29 is 14.6 Å². The van der Waals surface area contributed by atoms with Crippen LogP contribution >= 0.6 is 34.2 Å². The Labute approximate surface area is 125 Å². The van der Waals surface area contributed by atoms with E-state index in [2.05, 4.69) is 9.97 Å². The molecular weight excluding hydrogens is 386 g/mol. The molecule has 0 saturated heterocycles. The van der Waals surface area contributed by atoms with Gasteiger partial charge in [-0.3, -0.25) is 4.79 Å². The highest BCUT2D eigenvalue weighted by Gasteiger charge is 2.13. The molecule has 0 fully saturated rings. The number of halogens is 2. The molecule has 1 heterocycles. The summed E-state index contributed by atoms with van der Waals surface area (Å²) >= 11 is 7.72. The van der Waals surface area contributed by atoms with Crippen LogP contribution in [0.25, 0.3) is 0 Å². The molecule has 0 aliphatic heterocycles. The van der Waals surface area contributed by atoms with Gasteiger partial charge in [-0.25, -0.2) is 9.78 Å². The lowest BCUT2D eigenvalue weighted by Crippen LogP contribution is -2.08. The number of hydrogen-bond acceptors (Lipinski definition) is 4. The average Bonchev–Trinajstić information content (AvgIpc) is 2.37. The summed E-state index contributed by atoms with van der Waals surface area (Å²) in [7, 11) is 0. The predicted molar refractivity (Wildman–Crippen MR) is 76.1 cm³/mol. The van der Waals surface area contributed by atoms with E-state index < -0.39 is 11.5 Å². The van der Waals surface area contributed by atoms with Gasteiger partial charge in [0.1, 0.15) is 5.75 Å². The van der Waals surface area contributed by atoms with E-state index in [4.69, 9.17) is 21.4 Å². The van der Waals surface area contributed by atoms with Crippen LogP contribution < -0.4 is 10.3 Å². The van der Waals surface area contributed by atoms with Crippen molar-refractivity contribution in [2.75, 3.05) is 0 Å². The molecule has 1 aromatic carbocycles. The number of nitrogens with zero attached hydrogens (tertiary/aromatic N) is 1. The molecule has 8 heteroatoms. The fourth-order valence-corrected chi connectivity index (χ4v) is 1.84. The number of carboxylic acids is 1. The highest BCUT2D eigenvalue weighted by Crippen LogP contribution is 2.29. The number of aromatic carboxylic acids is 1. The van der Waals surface area contributed by atoms with Gasteiger partial charge in [0.05, 0.1) is 15.5 Å². The second-order valence-electron chi connectivity index (χ2n) is 3.40. The van der Waals surface area contributed by atoms with E-state index in [0.717, 1.165) is 6.33 Å². The SMILES string of the molecule is O=C(O)c1ccc(I)c(Oc2nc[nH]c(=O)c2Cl)c1. The molecule has 0 aliphatic rings. The number of hydrogen-bond donors (Lipinski definition) is 2. The van der Waals surface area contributed by atoms with Crippen molar-refractivity contribution in [3.05, 3.63) is 49.0 Å². The summed E-state index contributed by atoms with van der Waals surface area (Å²) < 4.78 is 6.05. The van der Waals surface area contributed by atoms with Crippen LogP contribution in [0.4, 0.5) is 0 Å². The fraction of sp³-hybridized carbons (Fsp3) is 0. The Balaban J connectivity index is 2.43. The zero-order valence-electron chi connectivity index (χ0n) is 9.18. The van der Waals surface area contributed by atoms with Crippen molar-refractivity contribution >= 4 is 40.2 Å². The van der Waals surface area contributed by atoms with Gasteiger partial charge >= 0.3 is 5.97 Å². The quantitative estimate of drug-likeness (QED) is 0.783. The molecule has 0 atom stereocenters. The Hall–Kier alpha value is -1.61. The summed E-state index contributed by atoms with van der Waals surface area (Å²) in [6.07, 6.45) is 1.15. The topological polar surface area (TPSA) is 92.3 Å². The van der Waals surface area contributed by atoms with Crippen molar-refractivity contribution in [3.8, 4) is 11.6 Å². The van der Waals surface area contributed by atoms with Crippen molar-refractivity contribution in [1.82, 2.24) is 9.97 Å². The maximum absolute atomic E-state index is 11.3. The van der Waals surface area contributed by atoms with Crippen molar-refractivity contribution in [3.63, 3.8) is 0 Å². The molecule has 0 amide bonds. The van der Waals surface area contributed by atoms with Gasteiger partial charge in [-0.1, -0.05) is 11.6 Å². The Morgan fingerprint density at radius 2 is 2.21 bits per heavy atom. The van der Waals surface area contributed by atoms with Gasteiger partial charge in [-0.2, -0.15) is 0 Å². The molecule has 2 rings (SSSR count). The second kappa shape index (κ2) is 5.57. The number of aromatic amines is 1. The van der Waals surface area contributed by atoms with Gasteiger partial charge < -0.3 is 14.8 Å². The van der Waals surface area contributed by atoms with E-state index in [9.17, 15) is 9.59 Å². The van der Waals surface area contributed by atoms with Crippen LogP contribution in [-0.4, -0.2) is 21.0 Å². The second-order valence-corrected chi connectivity index (χ2v) is 4.94. The van der Waals surface area contributed by atoms with Crippen molar-refractivity contribution in [1.29, 1.82) is 0 Å². The summed E-state index contributed by atoms with van der Waals surface area (Å²) in [5.74, 6) is -0.891. The number of benzene rings is 1. The molecule has 0 radical (unpaired) electrons. The molecule has 0 aliphatic carbocycles. The predicted octanol–water partition coefficient (Wildman–Crippen LogP) is 2.52. The third-order valence-electron chi connectivity index (χ3n) is 2.15. The van der Waals surface area contributed by atoms with E-state index in [1.807, 2.05) is 22.6 Å². The molecule has 0 bridgehead atoms. The third kappa shape index (κ3) is 3.04. The smallest absolute Gasteiger partial charge is 0.335 e. The standard InChI is InChI=1S/C11H6ClIN2O4/c12-8-9(16)14-4-15-10(8)19-7-3-5(11(17)18)1-2-6(7)13/h1-4H,(H,17,18)(H,14,15,16). The molecule has 19 heavy (non-hydrogen) atoms. The Kier molecular flexibility index (Phi) is 4.05. The number of H-pyrrole nitrogens is 1. The van der Waals surface area contributed by atoms with Crippen molar-refractivity contribution in [2.45, 2.75) is 0 Å². The van der Waals surface area contributed by atoms with Crippen molar-refractivity contribution in [2.24, 2.45) is 0 Å². The minimum absolute atomic E-state index is 0.0661. The van der Waals surface area contributed by atoms with Crippen LogP contribution in [0, 0.1) is 3.57 Å². The van der Waals surface area contributed by atoms with Crippen LogP contribution in [0.3, 0.4) is 0 Å². The van der Waals surface area contributed by atoms with E-state index in [0.29, 0.717) is 3.57 Å². The first-order valence-electron chi connectivity index (χ1n) is 4.93. The summed E-state index contributed by atoms with van der Waals surface area (Å²) in [6, 6.07) is 4.37. The maximum atomic E-state index is 11.3. The van der Waals surface area contributed by atoms with E-state index in [1.165, 1.54) is 12.1 Å². The summed E-state index contributed by atoms with van der Waals surface area (Å²) in [4.78, 5) is 28.3. The van der Waals surface area contributed by atoms with E-state index in [-0.39, 0.29) is 22.2 Å². The van der Waals surface area contributed by atoms with Crippen LogP contribution in [0.15, 0.2) is 29.3 Å². The Morgan fingerprint density at radius 3 is 2.89 bits per heavy atom. The van der Waals surface area contributed by atoms with Gasteiger partial charge in [0.2, 0.25) is 5.88 Å². The van der Waals surface area contributed by atoms with Gasteiger partial charge in [-0.05, 0) is 40.8 Å². The molecule has 0 saturated carbocycles. The van der Waals surface area contributed by atoms with Gasteiger partial charge in [0.25, 0.3) is 5.56 Å². The number of aromatic nitrogens is 2. The molecule has 2 aromatic rings. The summed E-state index contributed by atoms with van der Waals surface area (Å²) in [5, 5.41) is 8.71. The number of rotatable bonds is 3. The van der Waals surface area contributed by atoms with Crippen LogP contribution in [0.5, 0.6) is 11.6 Å². The first kappa shape index (κ1) is 13.8. The number of nitrogens with one attached hydrogen (secondary N) is 1. The zero-order valence-corrected chi connectivity index (χ0v) is 12.1. The molecule has 1 aromatic heterocycles. The molecular formula is C11H6ClIN2O4. The first-order valence-corrected chi connectivity index (χ1v) is 6.38. The summed E-state index contributed by atoms with van der Waals surface area (Å²) in [6.45, 7) is 0. The third-order valence-corrected chi connectivity index (χ3v) is 3.37. The number of ether oxygens (including phenoxy) is 1. The molecule has 98 valence electrons. The zero-order chi connectivity index (χ0) is 14.0. The minimum atomic E-state index is -1.08. The van der Waals surface area contributed by atoms with Gasteiger partial charge in [-0.15, -0.1) is 0 Å². The molecule has 0 spiro atoms. The highest BCUT2D eigenvalue weighted by molar-refractivity contribution is 14.1. The monoisotopic (exact) mass is 392 g/mol. The number of carbonyl (C=O) groups is 1. The maximum Gasteiger partial charge on any atom is 0.335 e. The average molecular weight is 393 g/mol. The van der Waals surface area contributed by atoms with Gasteiger partial charge in [0, 0.05) is 0 Å². The summed E-state index contributed by atoms with van der Waals surface area (Å²) in [5.41, 5.74) is -0.465. The minimum Gasteiger partial charge on any atom is -0.478 e. The van der Waals surface area contributed by atoms with E-state index in [1.54, 1.807) is 6.07 Å². The molecule has 0 unspecified atom stereocenters. The first-order chi connectivity index (χ1) is 8.99. The molecule has 2 N–H and O–H groups in total. The fourth-order valence-electron chi connectivity index (χ4n) is 1.26. The molecule has 6 nitrogen and oxygen atoms in total. The van der Waals surface area contributed by atoms with Crippen LogP contribution in [0.1, 0.15) is 10.4 Å². The lowest BCUT2D eigenvalue weighted by Gasteiger charge is -2.08. The van der Waals surface area contributed by atoms with Crippen LogP contribution in [0.2, 0.25) is 5.02 Å².